The molecule has 0 aliphatic carbocycles. The summed E-state index contributed by atoms with van der Waals surface area (Å²) in [5.41, 5.74) is 2.53. The predicted octanol–water partition coefficient (Wildman–Crippen LogP) is 1.63. The van der Waals surface area contributed by atoms with Gasteiger partial charge in [-0.15, -0.1) is 0 Å². The van der Waals surface area contributed by atoms with Crippen molar-refractivity contribution in [2.75, 3.05) is 18.4 Å². The third-order valence-electron chi connectivity index (χ3n) is 4.47. The molecular formula is C17H18N8. The summed E-state index contributed by atoms with van der Waals surface area (Å²) in [6.07, 6.45) is 9.88. The molecule has 0 bridgehead atoms. The normalized spacial score (nSPS) is 15.4. The van der Waals surface area contributed by atoms with Gasteiger partial charge in [0.25, 0.3) is 0 Å². The van der Waals surface area contributed by atoms with E-state index >= 15 is 0 Å². The Morgan fingerprint density at radius 2 is 2.24 bits per heavy atom. The van der Waals surface area contributed by atoms with Gasteiger partial charge in [0, 0.05) is 50.5 Å². The van der Waals surface area contributed by atoms with E-state index in [1.165, 1.54) is 0 Å². The molecule has 8 nitrogen and oxygen atoms in total. The average Bonchev–Trinajstić information content (AvgIpc) is 3.21. The van der Waals surface area contributed by atoms with Crippen LogP contribution in [0.5, 0.6) is 0 Å². The molecule has 3 aromatic heterocycles. The zero-order valence-electron chi connectivity index (χ0n) is 13.8. The van der Waals surface area contributed by atoms with Gasteiger partial charge in [-0.25, -0.2) is 9.97 Å². The molecule has 0 amide bonds. The standard InChI is InChI=1S/C17H18N8/c1-24-10-14(8-21-24)22-16-20-6-2-15(23-16)13-3-7-25(9-13)17(4-5-18)11-19-12-17/h2-3,6-10,19H,4,11-12H2,1H3,(H,20,22,23). The number of hydrogen-bond acceptors (Lipinski definition) is 6. The fourth-order valence-corrected chi connectivity index (χ4v) is 3.00. The van der Waals surface area contributed by atoms with Gasteiger partial charge in [0.15, 0.2) is 0 Å². The molecule has 4 rings (SSSR count). The van der Waals surface area contributed by atoms with Crippen molar-refractivity contribution >= 4 is 11.6 Å². The van der Waals surface area contributed by atoms with Gasteiger partial charge in [-0.3, -0.25) is 4.68 Å². The number of aromatic nitrogens is 5. The average molecular weight is 334 g/mol. The second-order valence-electron chi connectivity index (χ2n) is 6.26. The summed E-state index contributed by atoms with van der Waals surface area (Å²) in [6, 6.07) is 6.19. The van der Waals surface area contributed by atoms with Gasteiger partial charge in [-0.05, 0) is 12.1 Å². The Morgan fingerprint density at radius 1 is 1.36 bits per heavy atom. The van der Waals surface area contributed by atoms with E-state index in [4.69, 9.17) is 5.26 Å². The Labute approximate surface area is 145 Å². The molecule has 1 aliphatic rings. The van der Waals surface area contributed by atoms with Crippen LogP contribution in [0.1, 0.15) is 6.42 Å². The van der Waals surface area contributed by atoms with Gasteiger partial charge < -0.3 is 15.2 Å². The van der Waals surface area contributed by atoms with Crippen LogP contribution >= 0.6 is 0 Å². The number of nitriles is 1. The van der Waals surface area contributed by atoms with Crippen LogP contribution in [0.3, 0.4) is 0 Å². The van der Waals surface area contributed by atoms with Crippen LogP contribution < -0.4 is 10.6 Å². The molecule has 1 fully saturated rings. The summed E-state index contributed by atoms with van der Waals surface area (Å²) in [6.45, 7) is 1.62. The van der Waals surface area contributed by atoms with E-state index in [1.54, 1.807) is 17.1 Å². The Bertz CT molecular complexity index is 928. The second-order valence-corrected chi connectivity index (χ2v) is 6.26. The first-order chi connectivity index (χ1) is 12.2. The summed E-state index contributed by atoms with van der Waals surface area (Å²) in [4.78, 5) is 8.84. The number of nitrogens with one attached hydrogen (secondary N) is 2. The molecular weight excluding hydrogens is 316 g/mol. The van der Waals surface area contributed by atoms with Crippen LogP contribution in [0.4, 0.5) is 11.6 Å². The largest absolute Gasteiger partial charge is 0.344 e. The third-order valence-corrected chi connectivity index (χ3v) is 4.47. The Kier molecular flexibility index (Phi) is 3.71. The lowest BCUT2D eigenvalue weighted by Gasteiger charge is -2.42. The number of anilines is 2. The zero-order chi connectivity index (χ0) is 17.3. The van der Waals surface area contributed by atoms with E-state index in [-0.39, 0.29) is 5.54 Å². The molecule has 25 heavy (non-hydrogen) atoms. The first-order valence-corrected chi connectivity index (χ1v) is 8.04. The van der Waals surface area contributed by atoms with Crippen molar-refractivity contribution in [1.82, 2.24) is 29.6 Å². The summed E-state index contributed by atoms with van der Waals surface area (Å²) in [5.74, 6) is 0.523. The fourth-order valence-electron chi connectivity index (χ4n) is 3.00. The molecule has 0 atom stereocenters. The highest BCUT2D eigenvalue weighted by Crippen LogP contribution is 2.29. The van der Waals surface area contributed by atoms with Gasteiger partial charge in [0.1, 0.15) is 0 Å². The summed E-state index contributed by atoms with van der Waals surface area (Å²) in [5, 5.41) is 19.6. The minimum absolute atomic E-state index is 0.142. The van der Waals surface area contributed by atoms with Crippen molar-refractivity contribution in [1.29, 1.82) is 5.26 Å². The van der Waals surface area contributed by atoms with Crippen molar-refractivity contribution in [3.63, 3.8) is 0 Å². The van der Waals surface area contributed by atoms with Crippen LogP contribution in [-0.2, 0) is 12.6 Å². The monoisotopic (exact) mass is 334 g/mol. The van der Waals surface area contributed by atoms with E-state index in [9.17, 15) is 0 Å². The molecule has 0 spiro atoms. The molecule has 1 saturated heterocycles. The lowest BCUT2D eigenvalue weighted by atomic mass is 9.89. The van der Waals surface area contributed by atoms with E-state index in [2.05, 4.69) is 36.3 Å². The molecule has 4 heterocycles. The van der Waals surface area contributed by atoms with Crippen LogP contribution in [0.25, 0.3) is 11.3 Å². The SMILES string of the molecule is Cn1cc(Nc2nccc(-c3ccn(C4(CC#N)CNC4)c3)n2)cn1. The topological polar surface area (TPSA) is 96.4 Å². The quantitative estimate of drug-likeness (QED) is 0.736. The highest BCUT2D eigenvalue weighted by molar-refractivity contribution is 5.61. The van der Waals surface area contributed by atoms with Crippen LogP contribution in [0, 0.1) is 11.3 Å². The van der Waals surface area contributed by atoms with E-state index in [0.717, 1.165) is 30.0 Å². The van der Waals surface area contributed by atoms with Crippen molar-refractivity contribution in [3.8, 4) is 17.3 Å². The third kappa shape index (κ3) is 2.86. The Morgan fingerprint density at radius 3 is 2.92 bits per heavy atom. The van der Waals surface area contributed by atoms with Crippen LogP contribution in [0.15, 0.2) is 43.1 Å². The van der Waals surface area contributed by atoms with E-state index in [1.807, 2.05) is 37.8 Å². The highest BCUT2D eigenvalue weighted by Gasteiger charge is 2.38. The number of nitrogens with zero attached hydrogens (tertiary/aromatic N) is 6. The second kappa shape index (κ2) is 6.03. The number of rotatable bonds is 5. The predicted molar refractivity (Wildman–Crippen MR) is 93.0 cm³/mol. The van der Waals surface area contributed by atoms with Gasteiger partial charge >= 0.3 is 0 Å². The Balaban J connectivity index is 1.58. The number of aryl methyl sites for hydroxylation is 1. The minimum atomic E-state index is -0.142. The van der Waals surface area contributed by atoms with E-state index < -0.39 is 0 Å². The molecule has 1 aliphatic heterocycles. The molecule has 0 unspecified atom stereocenters. The van der Waals surface area contributed by atoms with E-state index in [0.29, 0.717) is 12.4 Å². The van der Waals surface area contributed by atoms with Crippen molar-refractivity contribution in [2.45, 2.75) is 12.0 Å². The number of hydrogen-bond donors (Lipinski definition) is 2. The molecule has 0 aromatic carbocycles. The van der Waals surface area contributed by atoms with Crippen molar-refractivity contribution in [3.05, 3.63) is 43.1 Å². The van der Waals surface area contributed by atoms with Crippen molar-refractivity contribution < 1.29 is 0 Å². The zero-order valence-corrected chi connectivity index (χ0v) is 13.8. The first kappa shape index (κ1) is 15.4. The highest BCUT2D eigenvalue weighted by atomic mass is 15.3. The molecule has 3 aromatic rings. The van der Waals surface area contributed by atoms with Crippen molar-refractivity contribution in [2.24, 2.45) is 7.05 Å². The first-order valence-electron chi connectivity index (χ1n) is 8.04. The van der Waals surface area contributed by atoms with Gasteiger partial charge in [-0.2, -0.15) is 10.4 Å². The maximum atomic E-state index is 9.10. The molecule has 126 valence electrons. The maximum Gasteiger partial charge on any atom is 0.227 e. The smallest absolute Gasteiger partial charge is 0.227 e. The van der Waals surface area contributed by atoms with Gasteiger partial charge in [-0.1, -0.05) is 0 Å². The Hall–Kier alpha value is -3.18. The molecule has 2 N–H and O–H groups in total. The summed E-state index contributed by atoms with van der Waals surface area (Å²) in [7, 11) is 1.86. The fraction of sp³-hybridized carbons (Fsp3) is 0.294. The van der Waals surface area contributed by atoms with Gasteiger partial charge in [0.2, 0.25) is 5.95 Å². The molecule has 0 radical (unpaired) electrons. The molecule has 0 saturated carbocycles. The van der Waals surface area contributed by atoms with Crippen LogP contribution in [-0.4, -0.2) is 37.4 Å². The summed E-state index contributed by atoms with van der Waals surface area (Å²) >= 11 is 0. The maximum absolute atomic E-state index is 9.10. The summed E-state index contributed by atoms with van der Waals surface area (Å²) < 4.78 is 3.84. The minimum Gasteiger partial charge on any atom is -0.344 e. The molecule has 8 heteroatoms. The lowest BCUT2D eigenvalue weighted by Crippen LogP contribution is -2.59. The van der Waals surface area contributed by atoms with Gasteiger partial charge in [0.05, 0.1) is 35.6 Å². The lowest BCUT2D eigenvalue weighted by molar-refractivity contribution is 0.181. The van der Waals surface area contributed by atoms with Crippen LogP contribution in [0.2, 0.25) is 0 Å².